The summed E-state index contributed by atoms with van der Waals surface area (Å²) < 4.78 is 3.08. The molecule has 1 atom stereocenters. The minimum absolute atomic E-state index is 0.299. The molecule has 17 heavy (non-hydrogen) atoms. The van der Waals surface area contributed by atoms with Gasteiger partial charge in [-0.2, -0.15) is 5.10 Å². The third-order valence-electron chi connectivity index (χ3n) is 2.89. The van der Waals surface area contributed by atoms with Crippen molar-refractivity contribution in [3.8, 4) is 0 Å². The van der Waals surface area contributed by atoms with E-state index in [1.165, 1.54) is 14.4 Å². The molecule has 0 aliphatic carbocycles. The molecule has 0 amide bonds. The highest BCUT2D eigenvalue weighted by Gasteiger charge is 2.14. The van der Waals surface area contributed by atoms with Crippen LogP contribution in [0.15, 0.2) is 15.9 Å². The lowest BCUT2D eigenvalue weighted by Gasteiger charge is -2.13. The first-order chi connectivity index (χ1) is 7.99. The van der Waals surface area contributed by atoms with Crippen LogP contribution in [0, 0.1) is 13.8 Å². The van der Waals surface area contributed by atoms with Crippen molar-refractivity contribution >= 4 is 33.0 Å². The second-order valence-corrected chi connectivity index (χ2v) is 6.67. The number of anilines is 1. The number of hydrogen-bond donors (Lipinski definition) is 1. The highest BCUT2D eigenvalue weighted by atomic mass is 79.9. The topological polar surface area (TPSA) is 29.9 Å². The zero-order valence-corrected chi connectivity index (χ0v) is 12.8. The molecule has 2 heterocycles. The summed E-state index contributed by atoms with van der Waals surface area (Å²) in [5.74, 6) is 0. The van der Waals surface area contributed by atoms with Gasteiger partial charge in [0.15, 0.2) is 0 Å². The van der Waals surface area contributed by atoms with Gasteiger partial charge in [0, 0.05) is 11.9 Å². The summed E-state index contributed by atoms with van der Waals surface area (Å²) >= 11 is 5.25. The first-order valence-electron chi connectivity index (χ1n) is 5.51. The fourth-order valence-corrected chi connectivity index (χ4v) is 3.26. The molecule has 1 N–H and O–H groups in total. The van der Waals surface area contributed by atoms with Gasteiger partial charge in [0.05, 0.1) is 26.9 Å². The van der Waals surface area contributed by atoms with Crippen LogP contribution in [0.5, 0.6) is 0 Å². The summed E-state index contributed by atoms with van der Waals surface area (Å²) in [7, 11) is 1.97. The number of hydrogen-bond acceptors (Lipinski definition) is 3. The average molecular weight is 314 g/mol. The van der Waals surface area contributed by atoms with E-state index < -0.39 is 0 Å². The number of nitrogens with zero attached hydrogens (tertiary/aromatic N) is 2. The summed E-state index contributed by atoms with van der Waals surface area (Å²) in [6.07, 6.45) is 0. The minimum atomic E-state index is 0.299. The van der Waals surface area contributed by atoms with Gasteiger partial charge in [-0.1, -0.05) is 0 Å². The predicted octanol–water partition coefficient (Wildman–Crippen LogP) is 4.03. The predicted molar refractivity (Wildman–Crippen MR) is 76.7 cm³/mol. The Bertz CT molecular complexity index is 530. The summed E-state index contributed by atoms with van der Waals surface area (Å²) in [5, 5.41) is 7.95. The van der Waals surface area contributed by atoms with E-state index in [1.54, 1.807) is 11.3 Å². The maximum atomic E-state index is 4.41. The highest BCUT2D eigenvalue weighted by molar-refractivity contribution is 9.11. The number of thiophene rings is 1. The molecule has 0 fully saturated rings. The van der Waals surface area contributed by atoms with Gasteiger partial charge in [-0.3, -0.25) is 4.68 Å². The molecule has 5 heteroatoms. The standard InChI is InChI=1S/C12H16BrN3S/c1-7(10-5-6-11(13)17-10)14-12-8(2)15-16(4)9(12)3/h5-7,14H,1-4H3. The van der Waals surface area contributed by atoms with Crippen LogP contribution >= 0.6 is 27.3 Å². The molecule has 0 aromatic carbocycles. The second kappa shape index (κ2) is 4.82. The van der Waals surface area contributed by atoms with E-state index in [9.17, 15) is 0 Å². The van der Waals surface area contributed by atoms with E-state index in [1.807, 2.05) is 18.7 Å². The molecular weight excluding hydrogens is 298 g/mol. The van der Waals surface area contributed by atoms with Crippen LogP contribution in [0.2, 0.25) is 0 Å². The zero-order chi connectivity index (χ0) is 12.6. The molecule has 92 valence electrons. The van der Waals surface area contributed by atoms with E-state index in [2.05, 4.69) is 52.3 Å². The van der Waals surface area contributed by atoms with Gasteiger partial charge in [-0.15, -0.1) is 11.3 Å². The SMILES string of the molecule is Cc1nn(C)c(C)c1NC(C)c1ccc(Br)s1. The zero-order valence-electron chi connectivity index (χ0n) is 10.4. The van der Waals surface area contributed by atoms with Gasteiger partial charge in [0.2, 0.25) is 0 Å². The quantitative estimate of drug-likeness (QED) is 0.927. The van der Waals surface area contributed by atoms with Crippen LogP contribution in [0.3, 0.4) is 0 Å². The van der Waals surface area contributed by atoms with Gasteiger partial charge in [-0.25, -0.2) is 0 Å². The smallest absolute Gasteiger partial charge is 0.0828 e. The molecule has 0 saturated carbocycles. The van der Waals surface area contributed by atoms with Crippen molar-refractivity contribution in [1.29, 1.82) is 0 Å². The lowest BCUT2D eigenvalue weighted by molar-refractivity contribution is 0.731. The van der Waals surface area contributed by atoms with Crippen molar-refractivity contribution in [2.24, 2.45) is 7.05 Å². The molecule has 0 aliphatic heterocycles. The summed E-state index contributed by atoms with van der Waals surface area (Å²) in [5.41, 5.74) is 3.36. The van der Waals surface area contributed by atoms with Crippen LogP contribution < -0.4 is 5.32 Å². The highest BCUT2D eigenvalue weighted by Crippen LogP contribution is 2.30. The number of nitrogens with one attached hydrogen (secondary N) is 1. The first kappa shape index (κ1) is 12.6. The van der Waals surface area contributed by atoms with E-state index >= 15 is 0 Å². The van der Waals surface area contributed by atoms with Crippen LogP contribution in [0.25, 0.3) is 0 Å². The summed E-state index contributed by atoms with van der Waals surface area (Å²) in [6.45, 7) is 6.29. The van der Waals surface area contributed by atoms with Gasteiger partial charge in [-0.05, 0) is 48.8 Å². The Kier molecular flexibility index (Phi) is 3.58. The van der Waals surface area contributed by atoms with Gasteiger partial charge in [0.25, 0.3) is 0 Å². The maximum absolute atomic E-state index is 4.41. The molecule has 2 aromatic rings. The largest absolute Gasteiger partial charge is 0.375 e. The Morgan fingerprint density at radius 2 is 2.12 bits per heavy atom. The van der Waals surface area contributed by atoms with Crippen LogP contribution in [-0.4, -0.2) is 9.78 Å². The van der Waals surface area contributed by atoms with Crippen molar-refractivity contribution in [3.05, 3.63) is 32.2 Å². The van der Waals surface area contributed by atoms with E-state index in [0.29, 0.717) is 6.04 Å². The van der Waals surface area contributed by atoms with E-state index in [-0.39, 0.29) is 0 Å². The number of rotatable bonds is 3. The Morgan fingerprint density at radius 3 is 2.59 bits per heavy atom. The third-order valence-corrected chi connectivity index (χ3v) is 4.70. The van der Waals surface area contributed by atoms with Crippen molar-refractivity contribution in [3.63, 3.8) is 0 Å². The normalized spacial score (nSPS) is 12.8. The van der Waals surface area contributed by atoms with Crippen molar-refractivity contribution in [2.75, 3.05) is 5.32 Å². The van der Waals surface area contributed by atoms with Gasteiger partial charge < -0.3 is 5.32 Å². The van der Waals surface area contributed by atoms with Crippen molar-refractivity contribution in [1.82, 2.24) is 9.78 Å². The number of aryl methyl sites for hydroxylation is 2. The van der Waals surface area contributed by atoms with Crippen molar-refractivity contribution < 1.29 is 0 Å². The third kappa shape index (κ3) is 2.55. The van der Waals surface area contributed by atoms with E-state index in [4.69, 9.17) is 0 Å². The fraction of sp³-hybridized carbons (Fsp3) is 0.417. The van der Waals surface area contributed by atoms with Crippen LogP contribution in [-0.2, 0) is 7.05 Å². The molecule has 1 unspecified atom stereocenters. The van der Waals surface area contributed by atoms with Gasteiger partial charge >= 0.3 is 0 Å². The van der Waals surface area contributed by atoms with E-state index in [0.717, 1.165) is 11.4 Å². The fourth-order valence-electron chi connectivity index (χ4n) is 1.83. The van der Waals surface area contributed by atoms with Gasteiger partial charge in [0.1, 0.15) is 0 Å². The number of halogens is 1. The maximum Gasteiger partial charge on any atom is 0.0828 e. The summed E-state index contributed by atoms with van der Waals surface area (Å²) in [6, 6.07) is 4.53. The Labute approximate surface area is 114 Å². The molecule has 2 rings (SSSR count). The lowest BCUT2D eigenvalue weighted by Crippen LogP contribution is -2.06. The number of aromatic nitrogens is 2. The molecule has 0 saturated heterocycles. The molecule has 0 spiro atoms. The molecular formula is C12H16BrN3S. The lowest BCUT2D eigenvalue weighted by atomic mass is 10.2. The van der Waals surface area contributed by atoms with Crippen molar-refractivity contribution in [2.45, 2.75) is 26.8 Å². The molecule has 0 radical (unpaired) electrons. The Hall–Kier alpha value is -0.810. The Balaban J connectivity index is 2.21. The second-order valence-electron chi connectivity index (χ2n) is 4.18. The Morgan fingerprint density at radius 1 is 1.41 bits per heavy atom. The summed E-state index contributed by atoms with van der Waals surface area (Å²) in [4.78, 5) is 1.32. The molecule has 0 bridgehead atoms. The average Bonchev–Trinajstić information content (AvgIpc) is 2.79. The van der Waals surface area contributed by atoms with Crippen LogP contribution in [0.4, 0.5) is 5.69 Å². The monoisotopic (exact) mass is 313 g/mol. The molecule has 2 aromatic heterocycles. The minimum Gasteiger partial charge on any atom is -0.375 e. The molecule has 0 aliphatic rings. The first-order valence-corrected chi connectivity index (χ1v) is 7.12. The molecule has 3 nitrogen and oxygen atoms in total. The van der Waals surface area contributed by atoms with Crippen LogP contribution in [0.1, 0.15) is 29.2 Å².